The van der Waals surface area contributed by atoms with E-state index in [1.165, 1.54) is 6.34 Å². The summed E-state index contributed by atoms with van der Waals surface area (Å²) in [6.07, 6.45) is 5.27. The second kappa shape index (κ2) is 14.2. The highest BCUT2D eigenvalue weighted by Crippen LogP contribution is 2.31. The number of amides is 2. The van der Waals surface area contributed by atoms with Crippen LogP contribution in [0.15, 0.2) is 65.7 Å². The largest absolute Gasteiger partial charge is 0.390 e. The molecule has 2 aromatic rings. The standard InChI is InChI=1S/C15H14N2O.C12H25N3O/c16-12-17-15(11-18,13-7-3-1-4-8-13)14-9-5-2-6-10-14;1-4-7-13-12(16)15-8-5-11(6-9-15)10-14(2)3/h1-12H,(H2,16,17);11H,4-10H2,1-3H3,(H,13,16). The lowest BCUT2D eigenvalue weighted by molar-refractivity contribution is -0.111. The van der Waals surface area contributed by atoms with Crippen LogP contribution in [0, 0.1) is 5.92 Å². The first-order valence-corrected chi connectivity index (χ1v) is 12.0. The van der Waals surface area contributed by atoms with Crippen molar-refractivity contribution < 1.29 is 9.59 Å². The van der Waals surface area contributed by atoms with Crippen molar-refractivity contribution in [2.45, 2.75) is 31.7 Å². The fourth-order valence-electron chi connectivity index (χ4n) is 4.16. The van der Waals surface area contributed by atoms with Crippen LogP contribution in [0.2, 0.25) is 0 Å². The maximum Gasteiger partial charge on any atom is 0.317 e. The number of aldehydes is 1. The van der Waals surface area contributed by atoms with Crippen molar-refractivity contribution in [2.24, 2.45) is 16.6 Å². The minimum Gasteiger partial charge on any atom is -0.390 e. The van der Waals surface area contributed by atoms with E-state index in [0.29, 0.717) is 0 Å². The van der Waals surface area contributed by atoms with Gasteiger partial charge in [0.15, 0.2) is 11.8 Å². The Kier molecular flexibility index (Phi) is 11.3. The monoisotopic (exact) mass is 465 g/mol. The summed E-state index contributed by atoms with van der Waals surface area (Å²) in [5.74, 6) is 0.755. The molecule has 1 aliphatic heterocycles. The Morgan fingerprint density at radius 1 is 1.09 bits per heavy atom. The molecule has 2 amide bonds. The molecule has 0 aromatic heterocycles. The van der Waals surface area contributed by atoms with E-state index in [1.54, 1.807) is 0 Å². The van der Waals surface area contributed by atoms with Gasteiger partial charge in [0.05, 0.1) is 6.34 Å². The Morgan fingerprint density at radius 2 is 1.62 bits per heavy atom. The molecule has 7 nitrogen and oxygen atoms in total. The quantitative estimate of drug-likeness (QED) is 0.355. The van der Waals surface area contributed by atoms with Crippen molar-refractivity contribution in [1.82, 2.24) is 15.1 Å². The van der Waals surface area contributed by atoms with Gasteiger partial charge in [-0.3, -0.25) is 9.79 Å². The molecule has 3 N–H and O–H groups in total. The molecule has 0 spiro atoms. The maximum atomic E-state index is 11.7. The number of piperidine rings is 1. The maximum absolute atomic E-state index is 11.7. The molecule has 0 aliphatic carbocycles. The zero-order valence-electron chi connectivity index (χ0n) is 20.7. The lowest BCUT2D eigenvalue weighted by Crippen LogP contribution is -2.45. The molecule has 34 heavy (non-hydrogen) atoms. The smallest absolute Gasteiger partial charge is 0.317 e. The number of nitrogens with one attached hydrogen (secondary N) is 1. The van der Waals surface area contributed by atoms with Crippen LogP contribution in [0.4, 0.5) is 4.79 Å². The Bertz CT molecular complexity index is 839. The Hall–Kier alpha value is -3.19. The van der Waals surface area contributed by atoms with E-state index in [-0.39, 0.29) is 6.03 Å². The lowest BCUT2D eigenvalue weighted by atomic mass is 9.85. The van der Waals surface area contributed by atoms with Gasteiger partial charge in [-0.2, -0.15) is 0 Å². The molecule has 1 fully saturated rings. The topological polar surface area (TPSA) is 91.0 Å². The van der Waals surface area contributed by atoms with Crippen LogP contribution >= 0.6 is 0 Å². The number of hydrogen-bond acceptors (Lipinski definition) is 4. The van der Waals surface area contributed by atoms with Crippen LogP contribution in [-0.4, -0.2) is 68.7 Å². The molecular formula is C27H39N5O2. The van der Waals surface area contributed by atoms with Gasteiger partial charge in [-0.1, -0.05) is 67.6 Å². The summed E-state index contributed by atoms with van der Waals surface area (Å²) in [7, 11) is 4.22. The predicted octanol–water partition coefficient (Wildman–Crippen LogP) is 3.50. The van der Waals surface area contributed by atoms with Crippen molar-refractivity contribution in [3.8, 4) is 0 Å². The summed E-state index contributed by atoms with van der Waals surface area (Å²) in [4.78, 5) is 31.7. The van der Waals surface area contributed by atoms with Gasteiger partial charge in [-0.05, 0) is 50.4 Å². The average molecular weight is 466 g/mol. The molecule has 3 rings (SSSR count). The van der Waals surface area contributed by atoms with E-state index in [9.17, 15) is 9.59 Å². The van der Waals surface area contributed by atoms with E-state index < -0.39 is 5.54 Å². The second-order valence-electron chi connectivity index (χ2n) is 8.82. The van der Waals surface area contributed by atoms with Gasteiger partial charge in [-0.25, -0.2) is 4.79 Å². The molecule has 1 heterocycles. The molecule has 0 unspecified atom stereocenters. The van der Waals surface area contributed by atoms with Crippen LogP contribution in [0.3, 0.4) is 0 Å². The van der Waals surface area contributed by atoms with Crippen LogP contribution in [0.5, 0.6) is 0 Å². The molecule has 184 valence electrons. The highest BCUT2D eigenvalue weighted by atomic mass is 16.2. The van der Waals surface area contributed by atoms with E-state index in [2.05, 4.69) is 36.2 Å². The zero-order chi connectivity index (χ0) is 24.8. The van der Waals surface area contributed by atoms with Crippen molar-refractivity contribution >= 4 is 18.7 Å². The van der Waals surface area contributed by atoms with Crippen molar-refractivity contribution in [2.75, 3.05) is 40.3 Å². The Balaban J connectivity index is 0.000000242. The van der Waals surface area contributed by atoms with Crippen molar-refractivity contribution in [3.63, 3.8) is 0 Å². The molecule has 7 heteroatoms. The fourth-order valence-corrected chi connectivity index (χ4v) is 4.16. The predicted molar refractivity (Wildman–Crippen MR) is 139 cm³/mol. The second-order valence-corrected chi connectivity index (χ2v) is 8.82. The van der Waals surface area contributed by atoms with Crippen molar-refractivity contribution in [1.29, 1.82) is 0 Å². The number of rotatable bonds is 8. The first kappa shape index (κ1) is 27.1. The zero-order valence-corrected chi connectivity index (χ0v) is 20.7. The number of carbonyl (C=O) groups is 2. The summed E-state index contributed by atoms with van der Waals surface area (Å²) < 4.78 is 0. The summed E-state index contributed by atoms with van der Waals surface area (Å²) in [6, 6.07) is 18.9. The Labute approximate surface area is 204 Å². The highest BCUT2D eigenvalue weighted by molar-refractivity contribution is 5.77. The number of nitrogens with zero attached hydrogens (tertiary/aromatic N) is 3. The molecular weight excluding hydrogens is 426 g/mol. The number of likely N-dealkylation sites (tertiary alicyclic amines) is 1. The number of aliphatic imine (C=N–C) groups is 1. The van der Waals surface area contributed by atoms with Gasteiger partial charge in [0.2, 0.25) is 0 Å². The number of carbonyl (C=O) groups excluding carboxylic acids is 2. The van der Waals surface area contributed by atoms with Crippen LogP contribution in [0.25, 0.3) is 0 Å². The van der Waals surface area contributed by atoms with Crippen LogP contribution in [0.1, 0.15) is 37.3 Å². The number of benzene rings is 2. The molecule has 0 saturated carbocycles. The first-order valence-electron chi connectivity index (χ1n) is 12.0. The number of urea groups is 1. The third kappa shape index (κ3) is 7.70. The van der Waals surface area contributed by atoms with Crippen molar-refractivity contribution in [3.05, 3.63) is 71.8 Å². The molecule has 0 bridgehead atoms. The van der Waals surface area contributed by atoms with Gasteiger partial charge in [0.1, 0.15) is 0 Å². The minimum absolute atomic E-state index is 0.116. The van der Waals surface area contributed by atoms with E-state index in [1.807, 2.05) is 65.6 Å². The summed E-state index contributed by atoms with van der Waals surface area (Å²) >= 11 is 0. The van der Waals surface area contributed by atoms with Gasteiger partial charge in [0.25, 0.3) is 0 Å². The molecule has 1 aliphatic rings. The lowest BCUT2D eigenvalue weighted by Gasteiger charge is -2.33. The third-order valence-electron chi connectivity index (χ3n) is 5.93. The summed E-state index contributed by atoms with van der Waals surface area (Å²) in [6.45, 7) is 5.83. The van der Waals surface area contributed by atoms with Gasteiger partial charge >= 0.3 is 6.03 Å². The van der Waals surface area contributed by atoms with E-state index in [0.717, 1.165) is 68.8 Å². The van der Waals surface area contributed by atoms with E-state index in [4.69, 9.17) is 5.73 Å². The number of nitrogens with two attached hydrogens (primary N) is 1. The SMILES string of the molecule is CCCNC(=O)N1CCC(CN(C)C)CC1.NC=NC(C=O)(c1ccccc1)c1ccccc1. The third-order valence-corrected chi connectivity index (χ3v) is 5.93. The van der Waals surface area contributed by atoms with E-state index >= 15 is 0 Å². The normalized spacial score (nSPS) is 14.5. The molecule has 1 saturated heterocycles. The minimum atomic E-state index is -1.06. The first-order chi connectivity index (χ1) is 16.5. The highest BCUT2D eigenvalue weighted by Gasteiger charge is 2.32. The van der Waals surface area contributed by atoms with Crippen LogP contribution < -0.4 is 11.1 Å². The average Bonchev–Trinajstić information content (AvgIpc) is 2.87. The number of hydrogen-bond donors (Lipinski definition) is 2. The summed E-state index contributed by atoms with van der Waals surface area (Å²) in [5.41, 5.74) is 5.95. The van der Waals surface area contributed by atoms with Gasteiger partial charge in [-0.15, -0.1) is 0 Å². The Morgan fingerprint density at radius 3 is 2.03 bits per heavy atom. The molecule has 2 aromatic carbocycles. The summed E-state index contributed by atoms with van der Waals surface area (Å²) in [5, 5.41) is 2.93. The fraction of sp³-hybridized carbons (Fsp3) is 0.444. The van der Waals surface area contributed by atoms with Gasteiger partial charge < -0.3 is 20.9 Å². The van der Waals surface area contributed by atoms with Crippen LogP contribution in [-0.2, 0) is 10.3 Å². The molecule has 0 atom stereocenters. The molecule has 0 radical (unpaired) electrons. The van der Waals surface area contributed by atoms with Gasteiger partial charge in [0, 0.05) is 26.2 Å².